The lowest BCUT2D eigenvalue weighted by molar-refractivity contribution is 0.0955. The fourth-order valence-electron chi connectivity index (χ4n) is 3.45. The van der Waals surface area contributed by atoms with E-state index in [-0.39, 0.29) is 5.91 Å². The van der Waals surface area contributed by atoms with Crippen molar-refractivity contribution in [3.63, 3.8) is 0 Å². The van der Waals surface area contributed by atoms with E-state index in [0.717, 1.165) is 52.3 Å². The van der Waals surface area contributed by atoms with E-state index >= 15 is 0 Å². The third-order valence-corrected chi connectivity index (χ3v) is 6.21. The quantitative estimate of drug-likeness (QED) is 0.319. The molecule has 7 nitrogen and oxygen atoms in total. The first kappa shape index (κ1) is 25.4. The molecule has 2 aromatic carbocycles. The second kappa shape index (κ2) is 12.3. The van der Waals surface area contributed by atoms with Crippen molar-refractivity contribution in [3.05, 3.63) is 70.9 Å². The largest absolute Gasteiger partial charge is 0.493 e. The monoisotopic (exact) mass is 480 g/mol. The number of anilines is 1. The first-order valence-electron chi connectivity index (χ1n) is 11.2. The van der Waals surface area contributed by atoms with Gasteiger partial charge in [0.1, 0.15) is 5.82 Å². The molecule has 0 aliphatic heterocycles. The number of ether oxygens (including phenoxy) is 2. The van der Waals surface area contributed by atoms with Gasteiger partial charge >= 0.3 is 0 Å². The molecule has 0 atom stereocenters. The maximum Gasteiger partial charge on any atom is 0.251 e. The predicted molar refractivity (Wildman–Crippen MR) is 137 cm³/mol. The van der Waals surface area contributed by atoms with Crippen LogP contribution < -0.4 is 19.7 Å². The predicted octanol–water partition coefficient (Wildman–Crippen LogP) is 4.52. The van der Waals surface area contributed by atoms with Crippen molar-refractivity contribution in [3.8, 4) is 11.5 Å². The number of hydrogen-bond donors (Lipinski definition) is 1. The molecule has 1 heterocycles. The summed E-state index contributed by atoms with van der Waals surface area (Å²) in [5.74, 6) is 2.97. The van der Waals surface area contributed by atoms with Crippen LogP contribution in [0.4, 0.5) is 5.82 Å². The summed E-state index contributed by atoms with van der Waals surface area (Å²) in [4.78, 5) is 23.6. The first-order valence-corrected chi connectivity index (χ1v) is 12.2. The second-order valence-corrected chi connectivity index (χ2v) is 8.80. The van der Waals surface area contributed by atoms with Crippen LogP contribution in [0.5, 0.6) is 11.5 Å². The first-order chi connectivity index (χ1) is 16.4. The van der Waals surface area contributed by atoms with E-state index in [1.54, 1.807) is 26.0 Å². The zero-order valence-electron chi connectivity index (χ0n) is 20.4. The number of hydrogen-bond acceptors (Lipinski definition) is 7. The molecule has 3 aromatic rings. The number of nitrogens with one attached hydrogen (secondary N) is 1. The van der Waals surface area contributed by atoms with Gasteiger partial charge in [-0.1, -0.05) is 30.0 Å². The Morgan fingerprint density at radius 2 is 1.82 bits per heavy atom. The molecule has 0 saturated heterocycles. The number of amides is 1. The summed E-state index contributed by atoms with van der Waals surface area (Å²) in [6.45, 7) is 5.30. The zero-order chi connectivity index (χ0) is 24.5. The van der Waals surface area contributed by atoms with Crippen molar-refractivity contribution < 1.29 is 14.3 Å². The van der Waals surface area contributed by atoms with Crippen LogP contribution in [0.25, 0.3) is 0 Å². The molecule has 3 rings (SSSR count). The molecule has 0 spiro atoms. The number of rotatable bonds is 11. The van der Waals surface area contributed by atoms with Crippen LogP contribution in [0.1, 0.15) is 34.1 Å². The molecule has 1 N–H and O–H groups in total. The zero-order valence-corrected chi connectivity index (χ0v) is 21.2. The summed E-state index contributed by atoms with van der Waals surface area (Å²) in [6.07, 6.45) is 0.842. The van der Waals surface area contributed by atoms with Crippen molar-refractivity contribution in [1.82, 2.24) is 15.3 Å². The Hall–Kier alpha value is -3.26. The normalized spacial score (nSPS) is 10.6. The number of nitrogens with zero attached hydrogens (tertiary/aromatic N) is 3. The van der Waals surface area contributed by atoms with E-state index in [1.165, 1.54) is 0 Å². The number of aryl methyl sites for hydroxylation is 1. The number of carbonyl (C=O) groups is 1. The fraction of sp³-hybridized carbons (Fsp3) is 0.346. The van der Waals surface area contributed by atoms with E-state index in [4.69, 9.17) is 14.5 Å². The Morgan fingerprint density at radius 1 is 1.03 bits per heavy atom. The number of methoxy groups -OCH3 is 2. The molecule has 0 radical (unpaired) electrons. The van der Waals surface area contributed by atoms with Crippen molar-refractivity contribution in [2.75, 3.05) is 39.3 Å². The summed E-state index contributed by atoms with van der Waals surface area (Å²) in [6, 6.07) is 15.7. The minimum Gasteiger partial charge on any atom is -0.493 e. The van der Waals surface area contributed by atoms with Crippen LogP contribution in [-0.4, -0.2) is 50.2 Å². The van der Waals surface area contributed by atoms with Gasteiger partial charge in [0.15, 0.2) is 16.7 Å². The average Bonchev–Trinajstić information content (AvgIpc) is 2.85. The third-order valence-electron chi connectivity index (χ3n) is 5.29. The number of benzene rings is 2. The molecule has 0 fully saturated rings. The van der Waals surface area contributed by atoms with Gasteiger partial charge in [-0.05, 0) is 55.7 Å². The number of aromatic nitrogens is 2. The Kier molecular flexibility index (Phi) is 9.16. The van der Waals surface area contributed by atoms with Crippen molar-refractivity contribution >= 4 is 23.5 Å². The molecule has 0 aliphatic carbocycles. The van der Waals surface area contributed by atoms with Gasteiger partial charge < -0.3 is 19.7 Å². The maximum absolute atomic E-state index is 12.1. The lowest BCUT2D eigenvalue weighted by Crippen LogP contribution is -2.22. The van der Waals surface area contributed by atoms with Crippen molar-refractivity contribution in [1.29, 1.82) is 0 Å². The highest BCUT2D eigenvalue weighted by atomic mass is 32.2. The molecule has 0 bridgehead atoms. The lowest BCUT2D eigenvalue weighted by atomic mass is 10.1. The summed E-state index contributed by atoms with van der Waals surface area (Å²) in [5.41, 5.74) is 3.81. The third kappa shape index (κ3) is 6.87. The topological polar surface area (TPSA) is 76.6 Å². The standard InChI is InChI=1S/C26H32N4O3S/c1-6-27-25(31)21-9-7-8-20(15-21)17-34-26-28-18(2)14-24(29-26)30(3)13-12-19-10-11-22(32-4)23(16-19)33-5/h7-11,14-16H,6,12-13,17H2,1-5H3,(H,27,31). The van der Waals surface area contributed by atoms with Crippen LogP contribution in [-0.2, 0) is 12.2 Å². The SMILES string of the molecule is CCNC(=O)c1cccc(CSc2nc(C)cc(N(C)CCc3ccc(OC)c(OC)c3)n2)c1. The summed E-state index contributed by atoms with van der Waals surface area (Å²) < 4.78 is 10.7. The lowest BCUT2D eigenvalue weighted by Gasteiger charge is -2.19. The molecule has 180 valence electrons. The molecule has 1 aromatic heterocycles. The van der Waals surface area contributed by atoms with Gasteiger partial charge in [-0.3, -0.25) is 4.79 Å². The Bertz CT molecular complexity index is 1120. The number of likely N-dealkylation sites (N-methyl/N-ethyl adjacent to an activating group) is 1. The van der Waals surface area contributed by atoms with Gasteiger partial charge in [0.2, 0.25) is 0 Å². The summed E-state index contributed by atoms with van der Waals surface area (Å²) in [7, 11) is 5.32. The highest BCUT2D eigenvalue weighted by molar-refractivity contribution is 7.98. The summed E-state index contributed by atoms with van der Waals surface area (Å²) >= 11 is 1.57. The van der Waals surface area contributed by atoms with Crippen LogP contribution in [0.15, 0.2) is 53.7 Å². The van der Waals surface area contributed by atoms with Crippen LogP contribution in [0, 0.1) is 6.92 Å². The van der Waals surface area contributed by atoms with Crippen molar-refractivity contribution in [2.24, 2.45) is 0 Å². The fourth-order valence-corrected chi connectivity index (χ4v) is 4.29. The highest BCUT2D eigenvalue weighted by Gasteiger charge is 2.11. The van der Waals surface area contributed by atoms with Gasteiger partial charge in [0.25, 0.3) is 5.91 Å². The molecule has 34 heavy (non-hydrogen) atoms. The maximum atomic E-state index is 12.1. The van der Waals surface area contributed by atoms with E-state index in [9.17, 15) is 4.79 Å². The van der Waals surface area contributed by atoms with Gasteiger partial charge in [-0.25, -0.2) is 9.97 Å². The van der Waals surface area contributed by atoms with Crippen LogP contribution >= 0.6 is 11.8 Å². The van der Waals surface area contributed by atoms with Crippen LogP contribution in [0.3, 0.4) is 0 Å². The number of carbonyl (C=O) groups excluding carboxylic acids is 1. The van der Waals surface area contributed by atoms with Crippen LogP contribution in [0.2, 0.25) is 0 Å². The Morgan fingerprint density at radius 3 is 2.56 bits per heavy atom. The van der Waals surface area contributed by atoms with Gasteiger partial charge in [0.05, 0.1) is 14.2 Å². The molecule has 0 saturated carbocycles. The molecular weight excluding hydrogens is 448 g/mol. The van der Waals surface area contributed by atoms with Crippen molar-refractivity contribution in [2.45, 2.75) is 31.2 Å². The smallest absolute Gasteiger partial charge is 0.251 e. The Balaban J connectivity index is 1.64. The van der Waals surface area contributed by atoms with E-state index < -0.39 is 0 Å². The van der Waals surface area contributed by atoms with Gasteiger partial charge in [-0.15, -0.1) is 0 Å². The van der Waals surface area contributed by atoms with Gasteiger partial charge in [-0.2, -0.15) is 0 Å². The molecular formula is C26H32N4O3S. The molecule has 1 amide bonds. The molecule has 0 aliphatic rings. The summed E-state index contributed by atoms with van der Waals surface area (Å²) in [5, 5.41) is 3.56. The molecule has 8 heteroatoms. The van der Waals surface area contributed by atoms with E-state index in [0.29, 0.717) is 17.9 Å². The average molecular weight is 481 g/mol. The second-order valence-electron chi connectivity index (χ2n) is 7.86. The Labute approximate surface area is 205 Å². The minimum atomic E-state index is -0.0560. The van der Waals surface area contributed by atoms with Gasteiger partial charge in [0, 0.05) is 43.2 Å². The van der Waals surface area contributed by atoms with E-state index in [1.807, 2.05) is 63.4 Å². The minimum absolute atomic E-state index is 0.0560. The molecule has 0 unspecified atom stereocenters. The number of thioether (sulfide) groups is 1. The van der Waals surface area contributed by atoms with E-state index in [2.05, 4.69) is 21.3 Å². The highest BCUT2D eigenvalue weighted by Crippen LogP contribution is 2.28.